The van der Waals surface area contributed by atoms with Crippen LogP contribution in [-0.2, 0) is 8.85 Å². The zero-order valence-corrected chi connectivity index (χ0v) is 8.62. The van der Waals surface area contributed by atoms with Crippen molar-refractivity contribution in [3.63, 3.8) is 0 Å². The van der Waals surface area contributed by atoms with Crippen LogP contribution in [0.3, 0.4) is 0 Å². The molecule has 67 valence electrons. The van der Waals surface area contributed by atoms with Gasteiger partial charge in [0.25, 0.3) is 0 Å². The van der Waals surface area contributed by atoms with Crippen LogP contribution in [0.2, 0.25) is 5.54 Å². The van der Waals surface area contributed by atoms with E-state index in [0.717, 1.165) is 13.2 Å². The molecule has 1 aliphatic rings. The minimum atomic E-state index is -1.10. The standard InChI is InChI=1S/C9H15O2Si/c1-3-10-12(11-4-2)9-7-5-6-8-9/h5-9H,3-4H2,1-2H3. The van der Waals surface area contributed by atoms with Crippen molar-refractivity contribution in [3.8, 4) is 0 Å². The summed E-state index contributed by atoms with van der Waals surface area (Å²) in [5, 5.41) is 0. The van der Waals surface area contributed by atoms with E-state index in [1.807, 2.05) is 26.0 Å². The number of rotatable bonds is 5. The summed E-state index contributed by atoms with van der Waals surface area (Å²) in [5.41, 5.74) is 0.398. The SMILES string of the molecule is CCO[Si](OCC)C1C=CC=C1. The van der Waals surface area contributed by atoms with Gasteiger partial charge in [0.05, 0.1) is 0 Å². The summed E-state index contributed by atoms with van der Waals surface area (Å²) in [5.74, 6) is 0. The van der Waals surface area contributed by atoms with Crippen molar-refractivity contribution in [1.82, 2.24) is 0 Å². The third-order valence-corrected chi connectivity index (χ3v) is 3.67. The van der Waals surface area contributed by atoms with Crippen LogP contribution in [0, 0.1) is 0 Å². The van der Waals surface area contributed by atoms with Crippen molar-refractivity contribution in [2.45, 2.75) is 19.4 Å². The first-order valence-electron chi connectivity index (χ1n) is 4.36. The van der Waals surface area contributed by atoms with E-state index in [-0.39, 0.29) is 0 Å². The molecule has 1 rings (SSSR count). The Labute approximate surface area is 75.7 Å². The number of hydrogen-bond acceptors (Lipinski definition) is 2. The summed E-state index contributed by atoms with van der Waals surface area (Å²) >= 11 is 0. The molecule has 0 bridgehead atoms. The Bertz CT molecular complexity index is 159. The maximum Gasteiger partial charge on any atom is 0.396 e. The van der Waals surface area contributed by atoms with Gasteiger partial charge >= 0.3 is 9.28 Å². The van der Waals surface area contributed by atoms with E-state index in [2.05, 4.69) is 12.2 Å². The number of hydrogen-bond donors (Lipinski definition) is 0. The molecule has 1 aliphatic carbocycles. The highest BCUT2D eigenvalue weighted by Gasteiger charge is 2.24. The fraction of sp³-hybridized carbons (Fsp3) is 0.556. The first-order valence-corrected chi connectivity index (χ1v) is 5.75. The third-order valence-electron chi connectivity index (χ3n) is 1.59. The lowest BCUT2D eigenvalue weighted by molar-refractivity contribution is 0.212. The Morgan fingerprint density at radius 2 is 1.58 bits per heavy atom. The molecule has 0 atom stereocenters. The Morgan fingerprint density at radius 3 is 2.00 bits per heavy atom. The number of allylic oxidation sites excluding steroid dienone is 4. The van der Waals surface area contributed by atoms with E-state index in [4.69, 9.17) is 8.85 Å². The lowest BCUT2D eigenvalue weighted by Gasteiger charge is -2.16. The zero-order chi connectivity index (χ0) is 8.81. The molecular formula is C9H15O2Si. The zero-order valence-electron chi connectivity index (χ0n) is 7.62. The Balaban J connectivity index is 2.40. The Kier molecular flexibility index (Phi) is 4.28. The van der Waals surface area contributed by atoms with Crippen LogP contribution in [0.25, 0.3) is 0 Å². The molecule has 0 aromatic carbocycles. The van der Waals surface area contributed by atoms with Crippen molar-refractivity contribution in [3.05, 3.63) is 24.3 Å². The monoisotopic (exact) mass is 183 g/mol. The summed E-state index contributed by atoms with van der Waals surface area (Å²) in [6.45, 7) is 5.50. The highest BCUT2D eigenvalue weighted by atomic mass is 28.3. The average molecular weight is 183 g/mol. The van der Waals surface area contributed by atoms with Gasteiger partial charge in [0.15, 0.2) is 0 Å². The Hall–Kier alpha value is -0.383. The fourth-order valence-corrected chi connectivity index (χ4v) is 2.68. The maximum absolute atomic E-state index is 5.54. The molecule has 0 unspecified atom stereocenters. The largest absolute Gasteiger partial charge is 0.396 e. The lowest BCUT2D eigenvalue weighted by atomic mass is 10.5. The van der Waals surface area contributed by atoms with Crippen LogP contribution in [0.4, 0.5) is 0 Å². The molecule has 0 amide bonds. The first kappa shape index (κ1) is 9.70. The summed E-state index contributed by atoms with van der Waals surface area (Å²) < 4.78 is 11.1. The summed E-state index contributed by atoms with van der Waals surface area (Å²) in [6, 6.07) is 0. The predicted octanol–water partition coefficient (Wildman–Crippen LogP) is 2.04. The molecular weight excluding hydrogens is 168 g/mol. The first-order chi connectivity index (χ1) is 5.88. The van der Waals surface area contributed by atoms with Gasteiger partial charge in [-0.25, -0.2) is 0 Å². The average Bonchev–Trinajstić information content (AvgIpc) is 2.56. The van der Waals surface area contributed by atoms with Crippen molar-refractivity contribution >= 4 is 9.28 Å². The van der Waals surface area contributed by atoms with Gasteiger partial charge < -0.3 is 8.85 Å². The van der Waals surface area contributed by atoms with E-state index in [9.17, 15) is 0 Å². The Morgan fingerprint density at radius 1 is 1.08 bits per heavy atom. The molecule has 12 heavy (non-hydrogen) atoms. The van der Waals surface area contributed by atoms with Crippen LogP contribution in [0.15, 0.2) is 24.3 Å². The second-order valence-corrected chi connectivity index (χ2v) is 4.36. The third kappa shape index (κ3) is 2.59. The molecule has 0 spiro atoms. The van der Waals surface area contributed by atoms with Crippen molar-refractivity contribution in [1.29, 1.82) is 0 Å². The van der Waals surface area contributed by atoms with Gasteiger partial charge in [0.1, 0.15) is 0 Å². The normalized spacial score (nSPS) is 16.6. The quantitative estimate of drug-likeness (QED) is 0.607. The molecule has 0 saturated heterocycles. The van der Waals surface area contributed by atoms with Gasteiger partial charge in [-0.1, -0.05) is 24.3 Å². The second-order valence-electron chi connectivity index (χ2n) is 2.48. The fourth-order valence-electron chi connectivity index (χ4n) is 1.11. The van der Waals surface area contributed by atoms with E-state index < -0.39 is 9.28 Å². The van der Waals surface area contributed by atoms with Crippen LogP contribution >= 0.6 is 0 Å². The van der Waals surface area contributed by atoms with Gasteiger partial charge in [-0.05, 0) is 13.8 Å². The lowest BCUT2D eigenvalue weighted by Crippen LogP contribution is -2.26. The highest BCUT2D eigenvalue weighted by molar-refractivity contribution is 6.48. The van der Waals surface area contributed by atoms with Crippen LogP contribution in [0.5, 0.6) is 0 Å². The summed E-state index contributed by atoms with van der Waals surface area (Å²) in [4.78, 5) is 0. The van der Waals surface area contributed by atoms with Crippen LogP contribution in [-0.4, -0.2) is 22.5 Å². The molecule has 0 aromatic rings. The smallest absolute Gasteiger partial charge is 0.393 e. The highest BCUT2D eigenvalue weighted by Crippen LogP contribution is 2.20. The maximum atomic E-state index is 5.54. The van der Waals surface area contributed by atoms with Crippen LogP contribution in [0.1, 0.15) is 13.8 Å². The van der Waals surface area contributed by atoms with E-state index in [1.165, 1.54) is 0 Å². The second kappa shape index (κ2) is 5.30. The van der Waals surface area contributed by atoms with E-state index in [1.54, 1.807) is 0 Å². The molecule has 0 aliphatic heterocycles. The summed E-state index contributed by atoms with van der Waals surface area (Å²) in [7, 11) is -1.10. The molecule has 0 aromatic heterocycles. The van der Waals surface area contributed by atoms with Gasteiger partial charge in [-0.3, -0.25) is 0 Å². The van der Waals surface area contributed by atoms with Gasteiger partial charge in [0.2, 0.25) is 0 Å². The van der Waals surface area contributed by atoms with Gasteiger partial charge in [-0.15, -0.1) is 0 Å². The molecule has 2 nitrogen and oxygen atoms in total. The van der Waals surface area contributed by atoms with Crippen LogP contribution < -0.4 is 0 Å². The molecule has 1 radical (unpaired) electrons. The molecule has 3 heteroatoms. The van der Waals surface area contributed by atoms with Crippen molar-refractivity contribution in [2.24, 2.45) is 0 Å². The van der Waals surface area contributed by atoms with Gasteiger partial charge in [-0.2, -0.15) is 0 Å². The predicted molar refractivity (Wildman–Crippen MR) is 51.0 cm³/mol. The minimum absolute atomic E-state index is 0.398. The topological polar surface area (TPSA) is 18.5 Å². The van der Waals surface area contributed by atoms with Crippen molar-refractivity contribution in [2.75, 3.05) is 13.2 Å². The van der Waals surface area contributed by atoms with E-state index in [0.29, 0.717) is 5.54 Å². The van der Waals surface area contributed by atoms with Gasteiger partial charge in [0, 0.05) is 18.8 Å². The molecule has 0 heterocycles. The minimum Gasteiger partial charge on any atom is -0.393 e. The summed E-state index contributed by atoms with van der Waals surface area (Å²) in [6.07, 6.45) is 8.37. The molecule has 0 saturated carbocycles. The molecule has 0 fully saturated rings. The van der Waals surface area contributed by atoms with E-state index >= 15 is 0 Å². The van der Waals surface area contributed by atoms with Crippen molar-refractivity contribution < 1.29 is 8.85 Å². The molecule has 0 N–H and O–H groups in total.